The molecule has 64 valence electrons. The molecule has 2 aliphatic heterocycles. The fourth-order valence-corrected chi connectivity index (χ4v) is 1.61. The molecule has 0 aromatic heterocycles. The molecule has 0 spiro atoms. The number of aliphatic imine (C=N–C) groups is 2. The number of allylic oxidation sites excluding steroid dienone is 1. The van der Waals surface area contributed by atoms with Crippen molar-refractivity contribution < 1.29 is 17.3 Å². The molecular weight excluding hydrogens is 194 g/mol. The molecule has 2 rings (SSSR count). The zero-order valence-corrected chi connectivity index (χ0v) is 8.06. The molecule has 3 nitrogen and oxygen atoms in total. The smallest absolute Gasteiger partial charge is 0.199 e. The predicted octanol–water partition coefficient (Wildman–Crippen LogP) is -3.00. The van der Waals surface area contributed by atoms with Gasteiger partial charge in [-0.2, -0.15) is 4.99 Å². The van der Waals surface area contributed by atoms with Gasteiger partial charge in [0.2, 0.25) is 0 Å². The van der Waals surface area contributed by atoms with E-state index in [4.69, 9.17) is 0 Å². The second kappa shape index (κ2) is 3.89. The molecule has 2 heterocycles. The molecule has 0 bridgehead atoms. The van der Waals surface area contributed by atoms with Crippen LogP contribution in [0.4, 0.5) is 0 Å². The second-order valence-corrected chi connectivity index (χ2v) is 3.03. The average Bonchev–Trinajstić information content (AvgIpc) is 2.47. The van der Waals surface area contributed by atoms with Crippen LogP contribution in [-0.2, 0) is 0 Å². The van der Waals surface area contributed by atoms with Gasteiger partial charge >= 0.3 is 0 Å². The lowest BCUT2D eigenvalue weighted by Crippen LogP contribution is -3.04. The summed E-state index contributed by atoms with van der Waals surface area (Å²) in [5.41, 5.74) is 1.15. The number of rotatable bonds is 1. The van der Waals surface area contributed by atoms with Crippen LogP contribution in [-0.4, -0.2) is 18.8 Å². The average molecular weight is 202 g/mol. The third kappa shape index (κ3) is 1.46. The lowest BCUT2D eigenvalue weighted by atomic mass is 10.4. The lowest BCUT2D eigenvalue weighted by Gasteiger charge is -2.05. The molecule has 0 radical (unpaired) electrons. The van der Waals surface area contributed by atoms with Crippen molar-refractivity contribution in [1.82, 2.24) is 0 Å². The standard InChI is InChI=1S/C7H7N3S.ClH/c1-11-7-6-4-8-2-3-10(6)5-9-7;/h2-5H,1H3;1H. The van der Waals surface area contributed by atoms with Gasteiger partial charge in [-0.25, -0.2) is 4.90 Å². The van der Waals surface area contributed by atoms with Gasteiger partial charge in [0.15, 0.2) is 17.1 Å². The summed E-state index contributed by atoms with van der Waals surface area (Å²) in [6, 6.07) is 0. The van der Waals surface area contributed by atoms with Crippen LogP contribution in [0.2, 0.25) is 0 Å². The quantitative estimate of drug-likeness (QED) is 0.482. The minimum Gasteiger partial charge on any atom is -1.00 e. The van der Waals surface area contributed by atoms with E-state index in [1.165, 1.54) is 4.90 Å². The summed E-state index contributed by atoms with van der Waals surface area (Å²) >= 11 is 1.65. The van der Waals surface area contributed by atoms with E-state index in [-0.39, 0.29) is 12.4 Å². The van der Waals surface area contributed by atoms with Crippen LogP contribution in [0.25, 0.3) is 0 Å². The number of nitrogens with one attached hydrogen (secondary N) is 1. The van der Waals surface area contributed by atoms with Gasteiger partial charge in [-0.05, 0) is 6.26 Å². The Balaban J connectivity index is 0.000000720. The monoisotopic (exact) mass is 201 g/mol. The summed E-state index contributed by atoms with van der Waals surface area (Å²) in [4.78, 5) is 9.45. The number of nitrogens with zero attached hydrogens (tertiary/aromatic N) is 2. The summed E-state index contributed by atoms with van der Waals surface area (Å²) < 4.78 is 0. The highest BCUT2D eigenvalue weighted by molar-refractivity contribution is 8.02. The zero-order valence-electron chi connectivity index (χ0n) is 6.49. The van der Waals surface area contributed by atoms with Crippen molar-refractivity contribution in [1.29, 1.82) is 0 Å². The molecule has 1 atom stereocenters. The molecule has 0 aliphatic carbocycles. The van der Waals surface area contributed by atoms with Gasteiger partial charge in [0, 0.05) is 0 Å². The number of fused-ring (bicyclic) bond motifs is 1. The largest absolute Gasteiger partial charge is 1.00 e. The highest BCUT2D eigenvalue weighted by atomic mass is 35.5. The van der Waals surface area contributed by atoms with E-state index in [1.807, 2.05) is 25.0 Å². The van der Waals surface area contributed by atoms with Crippen LogP contribution >= 0.6 is 11.8 Å². The lowest BCUT2D eigenvalue weighted by molar-refractivity contribution is -0.682. The molecule has 0 saturated heterocycles. The van der Waals surface area contributed by atoms with Gasteiger partial charge in [0.1, 0.15) is 6.20 Å². The van der Waals surface area contributed by atoms with E-state index in [9.17, 15) is 0 Å². The summed E-state index contributed by atoms with van der Waals surface area (Å²) in [6.45, 7) is 0. The van der Waals surface area contributed by atoms with Gasteiger partial charge in [0.05, 0.1) is 12.4 Å². The van der Waals surface area contributed by atoms with Crippen molar-refractivity contribution in [2.45, 2.75) is 0 Å². The van der Waals surface area contributed by atoms with Gasteiger partial charge in [-0.15, -0.1) is 11.8 Å². The Morgan fingerprint density at radius 2 is 2.33 bits per heavy atom. The molecule has 1 N–H and O–H groups in total. The molecule has 0 amide bonds. The van der Waals surface area contributed by atoms with Crippen molar-refractivity contribution in [3.63, 3.8) is 0 Å². The van der Waals surface area contributed by atoms with Gasteiger partial charge in [0.25, 0.3) is 0 Å². The minimum absolute atomic E-state index is 0. The number of hydrogen-bond acceptors (Lipinski definition) is 3. The van der Waals surface area contributed by atoms with Crippen molar-refractivity contribution in [2.24, 2.45) is 9.98 Å². The molecule has 0 aromatic rings. The van der Waals surface area contributed by atoms with E-state index in [0.29, 0.717) is 0 Å². The Labute approximate surface area is 81.4 Å². The van der Waals surface area contributed by atoms with Crippen LogP contribution in [0, 0.1) is 0 Å². The summed E-state index contributed by atoms with van der Waals surface area (Å²) in [5, 5.41) is 1.06. The summed E-state index contributed by atoms with van der Waals surface area (Å²) in [6.07, 6.45) is 9.52. The molecule has 5 heteroatoms. The Bertz CT molecular complexity index is 293. The highest BCUT2D eigenvalue weighted by Crippen LogP contribution is 2.16. The first-order valence-corrected chi connectivity index (χ1v) is 4.53. The van der Waals surface area contributed by atoms with E-state index in [2.05, 4.69) is 9.98 Å². The normalized spacial score (nSPS) is 24.2. The van der Waals surface area contributed by atoms with Crippen LogP contribution in [0.5, 0.6) is 0 Å². The van der Waals surface area contributed by atoms with E-state index >= 15 is 0 Å². The van der Waals surface area contributed by atoms with E-state index in [0.717, 1.165) is 10.7 Å². The van der Waals surface area contributed by atoms with Gasteiger partial charge in [-0.3, -0.25) is 4.99 Å². The third-order valence-electron chi connectivity index (χ3n) is 1.60. The van der Waals surface area contributed by atoms with Crippen LogP contribution in [0.1, 0.15) is 0 Å². The third-order valence-corrected chi connectivity index (χ3v) is 2.31. The minimum atomic E-state index is 0. The molecule has 0 aromatic carbocycles. The SMILES string of the molecule is CSC1=C2C=NC=C[NH+]2C=N1.[Cl-]. The maximum absolute atomic E-state index is 4.24. The van der Waals surface area contributed by atoms with Gasteiger partial charge in [-0.1, -0.05) is 0 Å². The van der Waals surface area contributed by atoms with Crippen LogP contribution < -0.4 is 17.3 Å². The molecule has 1 unspecified atom stereocenters. The predicted molar refractivity (Wildman–Crippen MR) is 47.6 cm³/mol. The molecule has 2 aliphatic rings. The second-order valence-electron chi connectivity index (χ2n) is 2.23. The first-order valence-electron chi connectivity index (χ1n) is 3.31. The Hall–Kier alpha value is -0.580. The van der Waals surface area contributed by atoms with Crippen LogP contribution in [0.3, 0.4) is 0 Å². The highest BCUT2D eigenvalue weighted by Gasteiger charge is 2.22. The zero-order chi connectivity index (χ0) is 7.68. The summed E-state index contributed by atoms with van der Waals surface area (Å²) in [5.74, 6) is 0. The van der Waals surface area contributed by atoms with Crippen molar-refractivity contribution in [3.05, 3.63) is 23.1 Å². The maximum Gasteiger partial charge on any atom is 0.199 e. The van der Waals surface area contributed by atoms with Gasteiger partial charge < -0.3 is 12.4 Å². The molecular formula is C7H8ClN3S. The Morgan fingerprint density at radius 1 is 1.50 bits per heavy atom. The topological polar surface area (TPSA) is 29.2 Å². The molecule has 0 saturated carbocycles. The van der Waals surface area contributed by atoms with E-state index < -0.39 is 0 Å². The number of halogens is 1. The number of quaternary nitrogens is 1. The first kappa shape index (κ1) is 9.51. The molecule has 12 heavy (non-hydrogen) atoms. The van der Waals surface area contributed by atoms with Crippen LogP contribution in [0.15, 0.2) is 33.1 Å². The van der Waals surface area contributed by atoms with Crippen molar-refractivity contribution >= 4 is 24.3 Å². The fraction of sp³-hybridized carbons (Fsp3) is 0.143. The fourth-order valence-electron chi connectivity index (χ4n) is 1.06. The maximum atomic E-state index is 4.24. The first-order chi connectivity index (χ1) is 5.42. The Morgan fingerprint density at radius 3 is 3.08 bits per heavy atom. The summed E-state index contributed by atoms with van der Waals surface area (Å²) in [7, 11) is 0. The Kier molecular flexibility index (Phi) is 3.08. The van der Waals surface area contributed by atoms with Crippen molar-refractivity contribution in [3.8, 4) is 0 Å². The number of thioether (sulfide) groups is 1. The number of hydrogen-bond donors (Lipinski definition) is 1. The van der Waals surface area contributed by atoms with E-state index in [1.54, 1.807) is 18.0 Å². The molecule has 0 fully saturated rings. The van der Waals surface area contributed by atoms with Crippen molar-refractivity contribution in [2.75, 3.05) is 6.26 Å².